The maximum Gasteiger partial charge on any atom is 4.00 e. The van der Waals surface area contributed by atoms with Gasteiger partial charge in [0.05, 0.1) is 25.7 Å². The normalized spacial score (nSPS) is 10.7. The van der Waals surface area contributed by atoms with Gasteiger partial charge in [-0.2, -0.15) is 0 Å². The molecule has 0 aliphatic heterocycles. The molecule has 4 unspecified atom stereocenters. The zero-order valence-electron chi connectivity index (χ0n) is 18.3. The van der Waals surface area contributed by atoms with E-state index in [1.807, 2.05) is 0 Å². The fourth-order valence-corrected chi connectivity index (χ4v) is 1.79. The molecule has 25 heteroatoms. The van der Waals surface area contributed by atoms with Crippen LogP contribution in [0.5, 0.6) is 0 Å². The van der Waals surface area contributed by atoms with Gasteiger partial charge in [-0.1, -0.05) is 0 Å². The van der Waals surface area contributed by atoms with Crippen molar-refractivity contribution in [3.8, 4) is 0 Å². The number of rotatable bonds is 16. The van der Waals surface area contributed by atoms with Gasteiger partial charge < -0.3 is 40.0 Å². The predicted molar refractivity (Wildman–Crippen MR) is 103 cm³/mol. The molecule has 208 valence electrons. The van der Waals surface area contributed by atoms with Crippen LogP contribution in [-0.4, -0.2) is 70.7 Å². The smallest absolute Gasteiger partial charge is 0.566 e. The Labute approximate surface area is 230 Å². The van der Waals surface area contributed by atoms with Crippen LogP contribution < -0.4 is 19.6 Å². The van der Waals surface area contributed by atoms with Gasteiger partial charge in [-0.15, -0.1) is 18.1 Å². The van der Waals surface area contributed by atoms with Crippen molar-refractivity contribution in [3.05, 3.63) is 0 Å². The van der Waals surface area contributed by atoms with Gasteiger partial charge in [0.15, 0.2) is 0 Å². The third-order valence-corrected chi connectivity index (χ3v) is 3.62. The van der Waals surface area contributed by atoms with Crippen LogP contribution >= 0.6 is 33.0 Å². The molecule has 0 fully saturated rings. The fourth-order valence-electron chi connectivity index (χ4n) is 0.830. The van der Waals surface area contributed by atoms with Gasteiger partial charge in [0, 0.05) is 0 Å². The second kappa shape index (κ2) is 32.9. The number of carboxylic acid groups (broad SMARTS) is 4. The van der Waals surface area contributed by atoms with Gasteiger partial charge in [0.1, 0.15) is 26.4 Å². The summed E-state index contributed by atoms with van der Waals surface area (Å²) in [7, 11) is -11.6. The third kappa shape index (κ3) is 72.0. The van der Waals surface area contributed by atoms with E-state index in [-0.39, 0.29) is 78.3 Å². The Morgan fingerprint density at radius 2 is 0.595 bits per heavy atom. The first-order valence-electron chi connectivity index (χ1n) is 8.47. The van der Waals surface area contributed by atoms with Crippen molar-refractivity contribution in [2.24, 2.45) is 0 Å². The number of hydrogen-bond donors (Lipinski definition) is 4. The Bertz CT molecular complexity index is 556. The Balaban J connectivity index is -0.000000122. The van der Waals surface area contributed by atoms with Crippen LogP contribution in [0.3, 0.4) is 0 Å². The summed E-state index contributed by atoms with van der Waals surface area (Å²) in [4.78, 5) is 77.2. The number of hydrogen-bond acceptors (Lipinski definition) is 16. The van der Waals surface area contributed by atoms with Crippen LogP contribution in [-0.2, 0) is 81.7 Å². The molecule has 0 saturated heterocycles. The zero-order valence-corrected chi connectivity index (χ0v) is 24.3. The summed E-state index contributed by atoms with van der Waals surface area (Å²) >= 11 is 0. The molecule has 0 aliphatic carbocycles. The summed E-state index contributed by atoms with van der Waals surface area (Å²) in [6.07, 6.45) is -1.15. The van der Waals surface area contributed by atoms with Gasteiger partial charge in [0.2, 0.25) is 0 Å². The molecule has 4 N–H and O–H groups in total. The van der Waals surface area contributed by atoms with Crippen molar-refractivity contribution in [2.45, 2.75) is 25.7 Å². The third-order valence-electron chi connectivity index (χ3n) is 2.05. The summed E-state index contributed by atoms with van der Waals surface area (Å²) in [5.41, 5.74) is 0. The summed E-state index contributed by atoms with van der Waals surface area (Å²) in [5.74, 6) is -4.31. The monoisotopic (exact) mass is 698 g/mol. The van der Waals surface area contributed by atoms with E-state index in [4.69, 9.17) is 20.4 Å². The largest absolute Gasteiger partial charge is 4.00 e. The molecule has 20 nitrogen and oxygen atoms in total. The van der Waals surface area contributed by atoms with Gasteiger partial charge >= 0.3 is 83.1 Å². The second-order valence-electron chi connectivity index (χ2n) is 4.80. The van der Waals surface area contributed by atoms with Crippen LogP contribution in [0.25, 0.3) is 0 Å². The summed E-state index contributed by atoms with van der Waals surface area (Å²) in [6.45, 7) is -1.13. The molecular formula is C12H20O20P4Zr+4. The Morgan fingerprint density at radius 1 is 0.459 bits per heavy atom. The topological polar surface area (TPSA) is 347 Å². The van der Waals surface area contributed by atoms with Crippen molar-refractivity contribution < 1.29 is 122 Å². The fraction of sp³-hybridized carbons (Fsp3) is 0.667. The van der Waals surface area contributed by atoms with E-state index in [9.17, 15) is 57.0 Å². The van der Waals surface area contributed by atoms with Crippen LogP contribution in [0, 0.1) is 0 Å². The van der Waals surface area contributed by atoms with Gasteiger partial charge in [-0.3, -0.25) is 19.2 Å². The Kier molecular flexibility index (Phi) is 40.6. The minimum atomic E-state index is -2.89. The molecule has 0 aromatic carbocycles. The molecule has 0 spiro atoms. The van der Waals surface area contributed by atoms with Crippen LogP contribution in [0.1, 0.15) is 25.7 Å². The van der Waals surface area contributed by atoms with Gasteiger partial charge in [0.25, 0.3) is 0 Å². The van der Waals surface area contributed by atoms with Crippen molar-refractivity contribution >= 4 is 56.9 Å². The minimum absolute atomic E-state index is 0. The van der Waals surface area contributed by atoms with Gasteiger partial charge in [-0.25, -0.2) is 0 Å². The molecule has 0 aliphatic rings. The van der Waals surface area contributed by atoms with Crippen molar-refractivity contribution in [3.63, 3.8) is 0 Å². The van der Waals surface area contributed by atoms with E-state index >= 15 is 0 Å². The first-order valence-corrected chi connectivity index (χ1v) is 12.9. The number of carboxylic acids is 4. The summed E-state index contributed by atoms with van der Waals surface area (Å²) in [5, 5.41) is 31.8. The van der Waals surface area contributed by atoms with E-state index < -0.39 is 56.9 Å². The average molecular weight is 699 g/mol. The Morgan fingerprint density at radius 3 is 0.676 bits per heavy atom. The number of carbonyl (C=O) groups is 4. The predicted octanol–water partition coefficient (Wildman–Crippen LogP) is -2.02. The van der Waals surface area contributed by atoms with Crippen LogP contribution in [0.4, 0.5) is 0 Å². The standard InChI is InChI=1S/4C3H5O5P.Zr/c4*4-3(5)1-2-8-9(6)7;/h4*1-2H2,(H,4,5);/q;;;;+4. The molecule has 0 aromatic heterocycles. The van der Waals surface area contributed by atoms with E-state index in [0.29, 0.717) is 0 Å². The molecule has 0 aromatic rings. The molecule has 0 amide bonds. The molecule has 0 saturated carbocycles. The average Bonchev–Trinajstić information content (AvgIpc) is 2.67. The molecule has 37 heavy (non-hydrogen) atoms. The summed E-state index contributed by atoms with van der Waals surface area (Å²) in [6, 6.07) is 0. The molecule has 0 bridgehead atoms. The van der Waals surface area contributed by atoms with Crippen LogP contribution in [0.15, 0.2) is 0 Å². The Hall–Kier alpha value is -1.16. The van der Waals surface area contributed by atoms with Crippen molar-refractivity contribution in [2.75, 3.05) is 26.4 Å². The van der Waals surface area contributed by atoms with E-state index in [2.05, 4.69) is 18.1 Å². The number of aliphatic carboxylic acids is 4. The van der Waals surface area contributed by atoms with E-state index in [1.54, 1.807) is 0 Å². The minimum Gasteiger partial charge on any atom is -0.566 e. The SMILES string of the molecule is O=C(O)CCO[P+](=O)[O-].O=C(O)CCO[P+](=O)[O-].O=C(O)CCO[P+](=O)[O-].O=C(O)CCO[P+](=O)[O-].[Zr+4]. The maximum absolute atomic E-state index is 9.70. The second-order valence-corrected chi connectivity index (χ2v) is 7.62. The zero-order chi connectivity index (χ0) is 29.1. The molecule has 4 atom stereocenters. The van der Waals surface area contributed by atoms with Gasteiger partial charge in [-0.05, 0) is 18.3 Å². The maximum atomic E-state index is 9.70. The van der Waals surface area contributed by atoms with Crippen LogP contribution in [0.2, 0.25) is 0 Å². The molecule has 0 heterocycles. The first kappa shape index (κ1) is 45.7. The molecule has 0 radical (unpaired) electrons. The van der Waals surface area contributed by atoms with E-state index in [1.165, 1.54) is 0 Å². The summed E-state index contributed by atoms with van der Waals surface area (Å²) < 4.78 is 54.1. The first-order chi connectivity index (χ1) is 16.5. The van der Waals surface area contributed by atoms with Crippen molar-refractivity contribution in [1.82, 2.24) is 0 Å². The van der Waals surface area contributed by atoms with E-state index in [0.717, 1.165) is 0 Å². The molecule has 0 rings (SSSR count). The molecular weight excluding hydrogens is 679 g/mol. The quantitative estimate of drug-likeness (QED) is 0.126. The van der Waals surface area contributed by atoms with Crippen molar-refractivity contribution in [1.29, 1.82) is 0 Å².